The summed E-state index contributed by atoms with van der Waals surface area (Å²) in [6.45, 7) is 14.6. The highest BCUT2D eigenvalue weighted by Gasteiger charge is 2.21. The second-order valence-electron chi connectivity index (χ2n) is 8.68. The lowest BCUT2D eigenvalue weighted by Gasteiger charge is -2.10. The zero-order valence-electron chi connectivity index (χ0n) is 21.2. The molecule has 3 nitrogen and oxygen atoms in total. The van der Waals surface area contributed by atoms with Gasteiger partial charge in [0.15, 0.2) is 0 Å². The number of unbranched alkanes of at least 4 members (excludes halogenated alkanes) is 1. The molecular formula is C28H43FN2O. The standard InChI is InChI=1S/C16H28N2.C12H15FO/c1-7-9-10-11-16(13(4)12(3)8-2)14(5)18-15(6)17;1-9-2-7-12(14-9)8-10-3-5-11(13)6-4-10/h10-11H,7-9H2,1-6H3,(H2,17,18);3-6,9,12H,2,7-8H2,1H3/b11-10-,13-12+,16-14-;. The second-order valence-corrected chi connectivity index (χ2v) is 8.68. The maximum Gasteiger partial charge on any atom is 0.123 e. The van der Waals surface area contributed by atoms with E-state index in [2.05, 4.69) is 51.8 Å². The van der Waals surface area contributed by atoms with Gasteiger partial charge < -0.3 is 10.5 Å². The van der Waals surface area contributed by atoms with Crippen LogP contribution in [-0.2, 0) is 11.2 Å². The van der Waals surface area contributed by atoms with Crippen molar-refractivity contribution in [3.63, 3.8) is 0 Å². The molecule has 1 aromatic rings. The van der Waals surface area contributed by atoms with Gasteiger partial charge in [-0.05, 0) is 95.6 Å². The Morgan fingerprint density at radius 2 is 1.78 bits per heavy atom. The molecule has 1 aliphatic rings. The number of hydrogen-bond donors (Lipinski definition) is 1. The fraction of sp³-hybridized carbons (Fsp3) is 0.536. The molecule has 2 atom stereocenters. The average molecular weight is 443 g/mol. The topological polar surface area (TPSA) is 47.6 Å². The van der Waals surface area contributed by atoms with Crippen LogP contribution in [0.2, 0.25) is 0 Å². The Morgan fingerprint density at radius 3 is 2.28 bits per heavy atom. The van der Waals surface area contributed by atoms with Crippen molar-refractivity contribution in [1.29, 1.82) is 0 Å². The lowest BCUT2D eigenvalue weighted by Crippen LogP contribution is -2.11. The maximum absolute atomic E-state index is 12.6. The number of allylic oxidation sites excluding steroid dienone is 6. The van der Waals surface area contributed by atoms with Crippen molar-refractivity contribution in [1.82, 2.24) is 0 Å². The molecule has 0 aromatic heterocycles. The van der Waals surface area contributed by atoms with Gasteiger partial charge in [0.25, 0.3) is 0 Å². The summed E-state index contributed by atoms with van der Waals surface area (Å²) in [5.74, 6) is 0.435. The zero-order valence-corrected chi connectivity index (χ0v) is 21.2. The number of rotatable bonds is 8. The Hall–Kier alpha value is -2.20. The molecule has 0 aliphatic carbocycles. The van der Waals surface area contributed by atoms with Crippen LogP contribution in [0.1, 0.15) is 86.1 Å². The van der Waals surface area contributed by atoms with E-state index >= 15 is 0 Å². The Kier molecular flexibility index (Phi) is 12.9. The number of benzene rings is 1. The third kappa shape index (κ3) is 10.4. The van der Waals surface area contributed by atoms with Crippen LogP contribution in [0.5, 0.6) is 0 Å². The van der Waals surface area contributed by atoms with E-state index in [1.807, 2.05) is 26.0 Å². The van der Waals surface area contributed by atoms with Crippen LogP contribution in [-0.4, -0.2) is 18.0 Å². The molecule has 178 valence electrons. The summed E-state index contributed by atoms with van der Waals surface area (Å²) in [6.07, 6.45) is 11.6. The predicted octanol–water partition coefficient (Wildman–Crippen LogP) is 7.68. The van der Waals surface area contributed by atoms with Gasteiger partial charge in [-0.3, -0.25) is 0 Å². The summed E-state index contributed by atoms with van der Waals surface area (Å²) in [7, 11) is 0. The SMILES string of the molecule is CC1CCC(Cc2ccc(F)cc2)O1.CCC\C=C/C(=C(\C)N=C(C)N)C(/C)=C(\C)CC. The lowest BCUT2D eigenvalue weighted by atomic mass is 9.98. The third-order valence-corrected chi connectivity index (χ3v) is 5.74. The van der Waals surface area contributed by atoms with Gasteiger partial charge in [0, 0.05) is 5.70 Å². The van der Waals surface area contributed by atoms with Crippen molar-refractivity contribution in [2.45, 2.75) is 99.2 Å². The van der Waals surface area contributed by atoms with Crippen LogP contribution in [0.4, 0.5) is 4.39 Å². The molecule has 1 saturated heterocycles. The number of nitrogens with two attached hydrogens (primary N) is 1. The van der Waals surface area contributed by atoms with Crippen molar-refractivity contribution in [2.75, 3.05) is 0 Å². The fourth-order valence-electron chi connectivity index (χ4n) is 3.62. The quantitative estimate of drug-likeness (QED) is 0.255. The van der Waals surface area contributed by atoms with Crippen LogP contribution in [0.3, 0.4) is 0 Å². The van der Waals surface area contributed by atoms with Crippen LogP contribution in [0.25, 0.3) is 0 Å². The minimum Gasteiger partial charge on any atom is -0.387 e. The van der Waals surface area contributed by atoms with Crippen LogP contribution in [0, 0.1) is 5.82 Å². The summed E-state index contributed by atoms with van der Waals surface area (Å²) in [5.41, 5.74) is 11.7. The number of halogens is 1. The van der Waals surface area contributed by atoms with E-state index in [-0.39, 0.29) is 5.82 Å². The molecule has 0 amide bonds. The highest BCUT2D eigenvalue weighted by Crippen LogP contribution is 2.23. The second kappa shape index (κ2) is 14.8. The van der Waals surface area contributed by atoms with Gasteiger partial charge in [0.1, 0.15) is 5.82 Å². The summed E-state index contributed by atoms with van der Waals surface area (Å²) in [4.78, 5) is 4.38. The van der Waals surface area contributed by atoms with E-state index in [0.29, 0.717) is 18.0 Å². The van der Waals surface area contributed by atoms with Gasteiger partial charge in [0.2, 0.25) is 0 Å². The highest BCUT2D eigenvalue weighted by molar-refractivity contribution is 5.78. The lowest BCUT2D eigenvalue weighted by molar-refractivity contribution is 0.0564. The van der Waals surface area contributed by atoms with Crippen LogP contribution in [0.15, 0.2) is 63.8 Å². The molecule has 1 fully saturated rings. The largest absolute Gasteiger partial charge is 0.387 e. The summed E-state index contributed by atoms with van der Waals surface area (Å²) < 4.78 is 18.3. The zero-order chi connectivity index (χ0) is 24.1. The van der Waals surface area contributed by atoms with E-state index in [1.165, 1.54) is 28.9 Å². The van der Waals surface area contributed by atoms with E-state index in [4.69, 9.17) is 10.5 Å². The molecule has 2 N–H and O–H groups in total. The van der Waals surface area contributed by atoms with Crippen molar-refractivity contribution >= 4 is 5.84 Å². The molecule has 1 heterocycles. The Labute approximate surface area is 195 Å². The van der Waals surface area contributed by atoms with Crippen LogP contribution >= 0.6 is 0 Å². The first-order chi connectivity index (χ1) is 15.2. The molecule has 0 spiro atoms. The monoisotopic (exact) mass is 442 g/mol. The van der Waals surface area contributed by atoms with Gasteiger partial charge in [0.05, 0.1) is 18.0 Å². The normalized spacial score (nSPS) is 20.6. The molecule has 0 bridgehead atoms. The average Bonchev–Trinajstić information content (AvgIpc) is 3.16. The fourth-order valence-corrected chi connectivity index (χ4v) is 3.62. The summed E-state index contributed by atoms with van der Waals surface area (Å²) in [6, 6.07) is 6.69. The minimum atomic E-state index is -0.172. The van der Waals surface area contributed by atoms with Gasteiger partial charge in [-0.25, -0.2) is 9.38 Å². The molecule has 4 heteroatoms. The predicted molar refractivity (Wildman–Crippen MR) is 136 cm³/mol. The number of ether oxygens (including phenoxy) is 1. The Morgan fingerprint density at radius 1 is 1.12 bits per heavy atom. The van der Waals surface area contributed by atoms with Gasteiger partial charge in [-0.2, -0.15) is 0 Å². The first kappa shape index (κ1) is 27.8. The Balaban J connectivity index is 0.000000328. The van der Waals surface area contributed by atoms with E-state index in [1.54, 1.807) is 0 Å². The van der Waals surface area contributed by atoms with Crippen LogP contribution < -0.4 is 5.73 Å². The molecule has 32 heavy (non-hydrogen) atoms. The van der Waals surface area contributed by atoms with Gasteiger partial charge in [-0.1, -0.05) is 50.1 Å². The van der Waals surface area contributed by atoms with E-state index in [0.717, 1.165) is 49.8 Å². The van der Waals surface area contributed by atoms with Gasteiger partial charge in [-0.15, -0.1) is 0 Å². The number of aliphatic imine (C=N–C) groups is 1. The van der Waals surface area contributed by atoms with E-state index in [9.17, 15) is 4.39 Å². The van der Waals surface area contributed by atoms with Gasteiger partial charge >= 0.3 is 0 Å². The van der Waals surface area contributed by atoms with E-state index < -0.39 is 0 Å². The van der Waals surface area contributed by atoms with Crippen molar-refractivity contribution in [3.8, 4) is 0 Å². The maximum atomic E-state index is 12.6. The summed E-state index contributed by atoms with van der Waals surface area (Å²) >= 11 is 0. The van der Waals surface area contributed by atoms with Crippen molar-refractivity contribution in [3.05, 3.63) is 70.2 Å². The first-order valence-electron chi connectivity index (χ1n) is 11.9. The highest BCUT2D eigenvalue weighted by atomic mass is 19.1. The first-order valence-corrected chi connectivity index (χ1v) is 11.9. The molecule has 1 aliphatic heterocycles. The molecular weight excluding hydrogens is 399 g/mol. The number of nitrogens with zero attached hydrogens (tertiary/aromatic N) is 1. The molecule has 0 saturated carbocycles. The minimum absolute atomic E-state index is 0.172. The third-order valence-electron chi connectivity index (χ3n) is 5.74. The number of amidine groups is 1. The molecule has 0 radical (unpaired) electrons. The van der Waals surface area contributed by atoms with Crippen molar-refractivity contribution in [2.24, 2.45) is 10.7 Å². The molecule has 2 unspecified atom stereocenters. The smallest absolute Gasteiger partial charge is 0.123 e. The summed E-state index contributed by atoms with van der Waals surface area (Å²) in [5, 5.41) is 0. The molecule has 2 rings (SSSR count). The Bertz CT molecular complexity index is 814. The molecule has 1 aromatic carbocycles. The van der Waals surface area contributed by atoms with Crippen molar-refractivity contribution < 1.29 is 9.13 Å². The number of hydrogen-bond acceptors (Lipinski definition) is 2.